The fourth-order valence-electron chi connectivity index (χ4n) is 3.61. The third-order valence-corrected chi connectivity index (χ3v) is 7.75. The van der Waals surface area contributed by atoms with Crippen molar-refractivity contribution in [3.63, 3.8) is 0 Å². The molecule has 0 aliphatic rings. The molecule has 0 atom stereocenters. The minimum absolute atomic E-state index is 0.104. The number of nitrogens with zero attached hydrogens (tertiary/aromatic N) is 3. The molecule has 9 nitrogen and oxygen atoms in total. The van der Waals surface area contributed by atoms with Gasteiger partial charge in [0.05, 0.1) is 5.69 Å². The van der Waals surface area contributed by atoms with Gasteiger partial charge in [-0.2, -0.15) is 13.4 Å². The number of rotatable bonds is 8. The Morgan fingerprint density at radius 2 is 1.76 bits per heavy atom. The van der Waals surface area contributed by atoms with Gasteiger partial charge in [-0.25, -0.2) is 9.78 Å². The highest BCUT2D eigenvalue weighted by atomic mass is 32.2. The maximum Gasteiger partial charge on any atom is 0.340 e. The Kier molecular flexibility index (Phi) is 8.60. The second-order valence-electron chi connectivity index (χ2n) is 10.6. The van der Waals surface area contributed by atoms with E-state index in [2.05, 4.69) is 23.8 Å². The number of hydrogen-bond acceptors (Lipinski definition) is 9. The Labute approximate surface area is 243 Å². The minimum Gasteiger partial charge on any atom is -0.457 e. The summed E-state index contributed by atoms with van der Waals surface area (Å²) >= 11 is 1.52. The highest BCUT2D eigenvalue weighted by Crippen LogP contribution is 2.23. The molecular formula is C30H31N3O6S2. The average molecular weight is 594 g/mol. The zero-order chi connectivity index (χ0) is 29.9. The van der Waals surface area contributed by atoms with Crippen LogP contribution in [0, 0.1) is 6.92 Å². The van der Waals surface area contributed by atoms with E-state index in [-0.39, 0.29) is 16.1 Å². The summed E-state index contributed by atoms with van der Waals surface area (Å²) in [6.45, 7) is 11.1. The van der Waals surface area contributed by atoms with Gasteiger partial charge >= 0.3 is 16.1 Å². The van der Waals surface area contributed by atoms with Crippen molar-refractivity contribution in [1.29, 1.82) is 0 Å². The van der Waals surface area contributed by atoms with Crippen LogP contribution < -0.4 is 9.74 Å². The van der Waals surface area contributed by atoms with Crippen LogP contribution in [-0.4, -0.2) is 34.4 Å². The van der Waals surface area contributed by atoms with Crippen molar-refractivity contribution in [3.8, 4) is 5.88 Å². The van der Waals surface area contributed by atoms with Gasteiger partial charge in [0.25, 0.3) is 5.56 Å². The fourth-order valence-corrected chi connectivity index (χ4v) is 5.38. The fraction of sp³-hybridized carbons (Fsp3) is 0.267. The molecule has 0 aliphatic heterocycles. The van der Waals surface area contributed by atoms with E-state index in [0.29, 0.717) is 11.5 Å². The van der Waals surface area contributed by atoms with Gasteiger partial charge in [0.15, 0.2) is 0 Å². The van der Waals surface area contributed by atoms with Crippen LogP contribution >= 0.6 is 11.3 Å². The minimum atomic E-state index is -4.35. The molecule has 214 valence electrons. The predicted molar refractivity (Wildman–Crippen MR) is 160 cm³/mol. The summed E-state index contributed by atoms with van der Waals surface area (Å²) in [6, 6.07) is 9.42. The molecule has 0 aliphatic carbocycles. The first-order chi connectivity index (χ1) is 19.2. The molecule has 0 radical (unpaired) electrons. The van der Waals surface area contributed by atoms with Crippen molar-refractivity contribution in [2.45, 2.75) is 58.0 Å². The molecule has 0 amide bonds. The van der Waals surface area contributed by atoms with Gasteiger partial charge in [0, 0.05) is 17.7 Å². The third-order valence-electron chi connectivity index (χ3n) is 5.70. The molecule has 11 heteroatoms. The topological polar surface area (TPSA) is 117 Å². The molecule has 4 aromatic rings. The third kappa shape index (κ3) is 7.56. The molecule has 0 unspecified atom stereocenters. The van der Waals surface area contributed by atoms with Crippen molar-refractivity contribution in [1.82, 2.24) is 14.4 Å². The number of ether oxygens (including phenoxy) is 1. The normalized spacial score (nSPS) is 12.6. The van der Waals surface area contributed by atoms with E-state index in [1.807, 2.05) is 24.5 Å². The Balaban J connectivity index is 1.78. The monoisotopic (exact) mass is 593 g/mol. The van der Waals surface area contributed by atoms with Crippen LogP contribution in [0.1, 0.15) is 67.9 Å². The van der Waals surface area contributed by atoms with E-state index in [9.17, 15) is 18.0 Å². The van der Waals surface area contributed by atoms with Gasteiger partial charge in [-0.1, -0.05) is 37.6 Å². The number of esters is 1. The largest absolute Gasteiger partial charge is 0.457 e. The highest BCUT2D eigenvalue weighted by Gasteiger charge is 2.22. The van der Waals surface area contributed by atoms with Crippen molar-refractivity contribution in [2.24, 2.45) is 0 Å². The Hall–Kier alpha value is -4.09. The van der Waals surface area contributed by atoms with E-state index < -0.39 is 33.1 Å². The lowest BCUT2D eigenvalue weighted by molar-refractivity contribution is -0.148. The number of benzene rings is 1. The number of fused-ring (bicyclic) bond motifs is 1. The van der Waals surface area contributed by atoms with Crippen molar-refractivity contribution >= 4 is 51.3 Å². The van der Waals surface area contributed by atoms with Crippen molar-refractivity contribution in [2.75, 3.05) is 0 Å². The molecule has 4 rings (SSSR count). The van der Waals surface area contributed by atoms with Gasteiger partial charge in [-0.05, 0) is 75.6 Å². The number of aromatic nitrogens is 3. The second-order valence-corrected chi connectivity index (χ2v) is 13.1. The quantitative estimate of drug-likeness (QED) is 0.141. The average Bonchev–Trinajstić information content (AvgIpc) is 3.36. The van der Waals surface area contributed by atoms with Gasteiger partial charge in [-0.3, -0.25) is 9.20 Å². The van der Waals surface area contributed by atoms with Gasteiger partial charge in [0.1, 0.15) is 26.7 Å². The number of carbonyl (C=O) groups is 1. The second kappa shape index (κ2) is 11.8. The van der Waals surface area contributed by atoms with Gasteiger partial charge in [-0.15, -0.1) is 11.3 Å². The molecule has 3 aromatic heterocycles. The summed E-state index contributed by atoms with van der Waals surface area (Å²) in [5, 5.41) is 2.84. The summed E-state index contributed by atoms with van der Waals surface area (Å²) in [5.41, 5.74) is 1.13. The first-order valence-corrected chi connectivity index (χ1v) is 15.1. The number of thiazole rings is 1. The smallest absolute Gasteiger partial charge is 0.340 e. The van der Waals surface area contributed by atoms with E-state index in [1.54, 1.807) is 45.0 Å². The molecule has 41 heavy (non-hydrogen) atoms. The van der Waals surface area contributed by atoms with Crippen LogP contribution in [-0.2, 0) is 19.6 Å². The first-order valence-electron chi connectivity index (χ1n) is 12.8. The van der Waals surface area contributed by atoms with E-state index in [1.165, 1.54) is 34.1 Å². The van der Waals surface area contributed by atoms with Gasteiger partial charge in [0.2, 0.25) is 5.88 Å². The standard InChI is InChI=1S/C30H31N3O6S2/c1-19(2)24-18-40-26(31-24)13-9-21-15-16-33-25(17-21)32-28(39-41(36,37)22-10-7-20(3)8-11-22)23(29(33)35)12-14-27(34)38-30(4,5)6/h7-19H,1-6H3/b13-9+,14-12+. The molecule has 3 heterocycles. The van der Waals surface area contributed by atoms with Crippen LogP contribution in [0.5, 0.6) is 5.88 Å². The molecule has 0 bridgehead atoms. The van der Waals surface area contributed by atoms with Crippen LogP contribution in [0.2, 0.25) is 0 Å². The molecule has 0 saturated heterocycles. The maximum absolute atomic E-state index is 13.5. The summed E-state index contributed by atoms with van der Waals surface area (Å²) < 4.78 is 38.1. The zero-order valence-corrected chi connectivity index (χ0v) is 25.2. The van der Waals surface area contributed by atoms with Gasteiger partial charge < -0.3 is 8.92 Å². The molecular weight excluding hydrogens is 562 g/mol. The van der Waals surface area contributed by atoms with Crippen LogP contribution in [0.4, 0.5) is 0 Å². The zero-order valence-electron chi connectivity index (χ0n) is 23.6. The SMILES string of the molecule is Cc1ccc(S(=O)(=O)Oc2nc3cc(/C=C/c4nc(C(C)C)cs4)ccn3c(=O)c2/C=C/C(=O)OC(C)(C)C)cc1. The summed E-state index contributed by atoms with van der Waals surface area (Å²) in [6.07, 6.45) is 7.40. The van der Waals surface area contributed by atoms with E-state index >= 15 is 0 Å². The number of carbonyl (C=O) groups excluding carboxylic acids is 1. The molecule has 0 N–H and O–H groups in total. The Bertz CT molecular complexity index is 1810. The van der Waals surface area contributed by atoms with Crippen molar-refractivity contribution in [3.05, 3.63) is 91.8 Å². The number of hydrogen-bond donors (Lipinski definition) is 0. The number of pyridine rings is 1. The Morgan fingerprint density at radius 1 is 1.05 bits per heavy atom. The highest BCUT2D eigenvalue weighted by molar-refractivity contribution is 7.87. The lowest BCUT2D eigenvalue weighted by Crippen LogP contribution is -2.23. The summed E-state index contributed by atoms with van der Waals surface area (Å²) in [5.74, 6) is -0.853. The summed E-state index contributed by atoms with van der Waals surface area (Å²) in [4.78, 5) is 34.7. The molecule has 0 saturated carbocycles. The van der Waals surface area contributed by atoms with E-state index in [4.69, 9.17) is 8.92 Å². The van der Waals surface area contributed by atoms with Crippen LogP contribution in [0.3, 0.4) is 0 Å². The molecule has 1 aromatic carbocycles. The van der Waals surface area contributed by atoms with Crippen LogP contribution in [0.15, 0.2) is 63.7 Å². The lowest BCUT2D eigenvalue weighted by atomic mass is 10.2. The summed E-state index contributed by atoms with van der Waals surface area (Å²) in [7, 11) is -4.35. The number of aryl methyl sites for hydroxylation is 1. The Morgan fingerprint density at radius 3 is 2.39 bits per heavy atom. The van der Waals surface area contributed by atoms with E-state index in [0.717, 1.165) is 28.4 Å². The van der Waals surface area contributed by atoms with Crippen molar-refractivity contribution < 1.29 is 22.1 Å². The first kappa shape index (κ1) is 29.9. The van der Waals surface area contributed by atoms with Crippen LogP contribution in [0.25, 0.3) is 23.9 Å². The maximum atomic E-state index is 13.5. The molecule has 0 spiro atoms. The molecule has 0 fully saturated rings. The predicted octanol–water partition coefficient (Wildman–Crippen LogP) is 5.88. The lowest BCUT2D eigenvalue weighted by Gasteiger charge is -2.18.